The minimum atomic E-state index is -0.331. The van der Waals surface area contributed by atoms with Gasteiger partial charge in [-0.25, -0.2) is 9.37 Å². The Morgan fingerprint density at radius 1 is 0.963 bits per heavy atom. The maximum atomic E-state index is 13.0. The molecule has 6 nitrogen and oxygen atoms in total. The molecule has 0 aliphatic carbocycles. The Morgan fingerprint density at radius 3 is 2.52 bits per heavy atom. The van der Waals surface area contributed by atoms with Crippen molar-refractivity contribution in [2.45, 2.75) is 17.3 Å². The van der Waals surface area contributed by atoms with Crippen LogP contribution in [0.15, 0.2) is 75.6 Å². The maximum absolute atomic E-state index is 13.0. The predicted octanol–water partition coefficient (Wildman–Crippen LogP) is 4.92. The molecule has 0 saturated heterocycles. The van der Waals surface area contributed by atoms with Crippen molar-refractivity contribution < 1.29 is 13.5 Å². The SMILES string of the molecule is Cc1ccc(-c2nnc(Sc3nccc(Oc4ccc(F)cc4)n3)o2)cc1. The largest absolute Gasteiger partial charge is 0.439 e. The van der Waals surface area contributed by atoms with Gasteiger partial charge in [-0.1, -0.05) is 17.7 Å². The van der Waals surface area contributed by atoms with E-state index in [1.54, 1.807) is 12.3 Å². The Kier molecular flexibility index (Phi) is 4.80. The van der Waals surface area contributed by atoms with Gasteiger partial charge in [0.25, 0.3) is 5.22 Å². The summed E-state index contributed by atoms with van der Waals surface area (Å²) in [4.78, 5) is 8.46. The lowest BCUT2D eigenvalue weighted by molar-refractivity contribution is 0.451. The highest BCUT2D eigenvalue weighted by Crippen LogP contribution is 2.28. The molecular formula is C19H13FN4O2S. The van der Waals surface area contributed by atoms with Gasteiger partial charge in [0.1, 0.15) is 11.6 Å². The van der Waals surface area contributed by atoms with Crippen molar-refractivity contribution in [2.24, 2.45) is 0 Å². The summed E-state index contributed by atoms with van der Waals surface area (Å²) >= 11 is 1.13. The maximum Gasteiger partial charge on any atom is 0.284 e. The number of nitrogens with zero attached hydrogens (tertiary/aromatic N) is 4. The first-order chi connectivity index (χ1) is 13.2. The van der Waals surface area contributed by atoms with Gasteiger partial charge in [-0.2, -0.15) is 4.98 Å². The fourth-order valence-electron chi connectivity index (χ4n) is 2.20. The van der Waals surface area contributed by atoms with E-state index >= 15 is 0 Å². The first-order valence-electron chi connectivity index (χ1n) is 8.00. The van der Waals surface area contributed by atoms with E-state index < -0.39 is 0 Å². The Hall–Kier alpha value is -3.26. The highest BCUT2D eigenvalue weighted by Gasteiger charge is 2.12. The number of aryl methyl sites for hydroxylation is 1. The van der Waals surface area contributed by atoms with Gasteiger partial charge in [-0.15, -0.1) is 10.2 Å². The van der Waals surface area contributed by atoms with Crippen molar-refractivity contribution >= 4 is 11.8 Å². The molecule has 0 N–H and O–H groups in total. The summed E-state index contributed by atoms with van der Waals surface area (Å²) in [7, 11) is 0. The van der Waals surface area contributed by atoms with E-state index in [1.165, 1.54) is 24.3 Å². The Balaban J connectivity index is 1.48. The summed E-state index contributed by atoms with van der Waals surface area (Å²) in [5.41, 5.74) is 1.99. The van der Waals surface area contributed by atoms with Gasteiger partial charge in [-0.05, 0) is 43.3 Å². The minimum Gasteiger partial charge on any atom is -0.439 e. The van der Waals surface area contributed by atoms with Gasteiger partial charge >= 0.3 is 0 Å². The first-order valence-corrected chi connectivity index (χ1v) is 8.82. The van der Waals surface area contributed by atoms with Crippen LogP contribution in [0.25, 0.3) is 11.5 Å². The second kappa shape index (κ2) is 7.55. The van der Waals surface area contributed by atoms with Crippen molar-refractivity contribution in [1.82, 2.24) is 20.2 Å². The Labute approximate surface area is 158 Å². The van der Waals surface area contributed by atoms with E-state index in [0.717, 1.165) is 22.9 Å². The summed E-state index contributed by atoms with van der Waals surface area (Å²) in [6, 6.07) is 15.1. The topological polar surface area (TPSA) is 73.9 Å². The monoisotopic (exact) mass is 380 g/mol. The molecule has 0 saturated carbocycles. The van der Waals surface area contributed by atoms with Crippen LogP contribution in [0.5, 0.6) is 11.6 Å². The zero-order chi connectivity index (χ0) is 18.6. The molecule has 0 atom stereocenters. The molecule has 0 aliphatic rings. The second-order valence-corrected chi connectivity index (χ2v) is 6.49. The molecule has 0 aliphatic heterocycles. The van der Waals surface area contributed by atoms with Crippen LogP contribution < -0.4 is 4.74 Å². The van der Waals surface area contributed by atoms with E-state index in [0.29, 0.717) is 27.9 Å². The van der Waals surface area contributed by atoms with E-state index in [1.807, 2.05) is 31.2 Å². The molecule has 8 heteroatoms. The lowest BCUT2D eigenvalue weighted by Crippen LogP contribution is -1.91. The van der Waals surface area contributed by atoms with Crippen LogP contribution >= 0.6 is 11.8 Å². The molecule has 0 radical (unpaired) electrons. The zero-order valence-electron chi connectivity index (χ0n) is 14.2. The number of hydrogen-bond donors (Lipinski definition) is 0. The lowest BCUT2D eigenvalue weighted by atomic mass is 10.1. The summed E-state index contributed by atoms with van der Waals surface area (Å²) in [6.07, 6.45) is 1.56. The van der Waals surface area contributed by atoms with Crippen LogP contribution in [0.2, 0.25) is 0 Å². The molecule has 4 aromatic rings. The summed E-state index contributed by atoms with van der Waals surface area (Å²) < 4.78 is 24.2. The number of halogens is 1. The van der Waals surface area contributed by atoms with Crippen LogP contribution in [-0.2, 0) is 0 Å². The van der Waals surface area contributed by atoms with Gasteiger partial charge in [0.05, 0.1) is 0 Å². The Morgan fingerprint density at radius 2 is 1.74 bits per heavy atom. The van der Waals surface area contributed by atoms with Crippen LogP contribution in [0.1, 0.15) is 5.56 Å². The lowest BCUT2D eigenvalue weighted by Gasteiger charge is -2.04. The fourth-order valence-corrected chi connectivity index (χ4v) is 2.80. The van der Waals surface area contributed by atoms with Crippen molar-refractivity contribution in [3.8, 4) is 23.1 Å². The minimum absolute atomic E-state index is 0.324. The quantitative estimate of drug-likeness (QED) is 0.455. The predicted molar refractivity (Wildman–Crippen MR) is 97.1 cm³/mol. The van der Waals surface area contributed by atoms with Crippen molar-refractivity contribution in [2.75, 3.05) is 0 Å². The van der Waals surface area contributed by atoms with E-state index in [2.05, 4.69) is 20.2 Å². The highest BCUT2D eigenvalue weighted by molar-refractivity contribution is 7.98. The highest BCUT2D eigenvalue weighted by atomic mass is 32.2. The third kappa shape index (κ3) is 4.29. The van der Waals surface area contributed by atoms with E-state index in [-0.39, 0.29) is 5.82 Å². The van der Waals surface area contributed by atoms with Gasteiger partial charge in [-0.3, -0.25) is 0 Å². The second-order valence-electron chi connectivity index (χ2n) is 5.57. The molecule has 27 heavy (non-hydrogen) atoms. The summed E-state index contributed by atoms with van der Waals surface area (Å²) in [5, 5.41) is 8.79. The van der Waals surface area contributed by atoms with Gasteiger partial charge < -0.3 is 9.15 Å². The van der Waals surface area contributed by atoms with Gasteiger partial charge in [0.15, 0.2) is 5.16 Å². The van der Waals surface area contributed by atoms with Gasteiger partial charge in [0, 0.05) is 29.6 Å². The summed E-state index contributed by atoms with van der Waals surface area (Å²) in [5.74, 6) is 0.904. The average molecular weight is 380 g/mol. The van der Waals surface area contributed by atoms with Crippen LogP contribution in [-0.4, -0.2) is 20.2 Å². The fraction of sp³-hybridized carbons (Fsp3) is 0.0526. The molecule has 0 fully saturated rings. The van der Waals surface area contributed by atoms with E-state index in [4.69, 9.17) is 9.15 Å². The smallest absolute Gasteiger partial charge is 0.284 e. The number of benzene rings is 2. The van der Waals surface area contributed by atoms with Crippen LogP contribution in [0, 0.1) is 12.7 Å². The summed E-state index contributed by atoms with van der Waals surface area (Å²) in [6.45, 7) is 2.01. The molecule has 0 spiro atoms. The number of aromatic nitrogens is 4. The van der Waals surface area contributed by atoms with Crippen molar-refractivity contribution in [3.05, 3.63) is 72.2 Å². The average Bonchev–Trinajstić information content (AvgIpc) is 3.13. The van der Waals surface area contributed by atoms with Crippen molar-refractivity contribution in [3.63, 3.8) is 0 Å². The van der Waals surface area contributed by atoms with Crippen LogP contribution in [0.4, 0.5) is 4.39 Å². The van der Waals surface area contributed by atoms with Crippen LogP contribution in [0.3, 0.4) is 0 Å². The molecule has 134 valence electrons. The van der Waals surface area contributed by atoms with Crippen molar-refractivity contribution in [1.29, 1.82) is 0 Å². The third-order valence-electron chi connectivity index (χ3n) is 3.53. The molecule has 0 bridgehead atoms. The molecular weight excluding hydrogens is 367 g/mol. The van der Waals surface area contributed by atoms with E-state index in [9.17, 15) is 4.39 Å². The van der Waals surface area contributed by atoms with Gasteiger partial charge in [0.2, 0.25) is 11.8 Å². The molecule has 2 aromatic heterocycles. The zero-order valence-corrected chi connectivity index (χ0v) is 15.0. The normalized spacial score (nSPS) is 10.7. The number of hydrogen-bond acceptors (Lipinski definition) is 7. The first kappa shape index (κ1) is 17.2. The third-order valence-corrected chi connectivity index (χ3v) is 4.25. The molecule has 0 unspecified atom stereocenters. The molecule has 2 heterocycles. The standard InChI is InChI=1S/C19H13FN4O2S/c1-12-2-4-13(5-3-12)17-23-24-19(26-17)27-18-21-11-10-16(22-18)25-15-8-6-14(20)7-9-15/h2-11H,1H3. The molecule has 2 aromatic carbocycles. The number of ether oxygens (including phenoxy) is 1. The Bertz CT molecular complexity index is 1050. The molecule has 4 rings (SSSR count). The molecule has 0 amide bonds. The number of rotatable bonds is 5.